The lowest BCUT2D eigenvalue weighted by molar-refractivity contribution is -0.139. The van der Waals surface area contributed by atoms with Crippen LogP contribution in [0.3, 0.4) is 0 Å². The molecule has 1 N–H and O–H groups in total. The average molecular weight is 286 g/mol. The van der Waals surface area contributed by atoms with Gasteiger partial charge < -0.3 is 10.2 Å². The molecule has 4 nitrogen and oxygen atoms in total. The van der Waals surface area contributed by atoms with E-state index in [1.807, 2.05) is 56.3 Å². The Morgan fingerprint density at radius 1 is 1.33 bits per heavy atom. The van der Waals surface area contributed by atoms with Gasteiger partial charge in [0.1, 0.15) is 5.54 Å². The van der Waals surface area contributed by atoms with Crippen LogP contribution in [0.2, 0.25) is 0 Å². The molecule has 0 radical (unpaired) electrons. The van der Waals surface area contributed by atoms with Crippen molar-refractivity contribution in [3.8, 4) is 0 Å². The molecule has 2 amide bonds. The first-order valence-corrected chi connectivity index (χ1v) is 7.28. The molecule has 0 aliphatic carbocycles. The van der Waals surface area contributed by atoms with Crippen LogP contribution in [-0.4, -0.2) is 29.3 Å². The summed E-state index contributed by atoms with van der Waals surface area (Å²) in [6.07, 6.45) is 4.18. The SMILES string of the molecule is C/C=C/CN1C(=O)C(C)(c2ccccc2)NC(=O)CC1C. The Balaban J connectivity index is 2.44. The van der Waals surface area contributed by atoms with Crippen molar-refractivity contribution in [2.45, 2.75) is 38.8 Å². The van der Waals surface area contributed by atoms with E-state index in [2.05, 4.69) is 5.32 Å². The lowest BCUT2D eigenvalue weighted by Crippen LogP contribution is -2.53. The minimum absolute atomic E-state index is 0.0647. The minimum Gasteiger partial charge on any atom is -0.338 e. The number of rotatable bonds is 3. The van der Waals surface area contributed by atoms with Crippen LogP contribution < -0.4 is 5.32 Å². The number of carbonyl (C=O) groups excluding carboxylic acids is 2. The maximum atomic E-state index is 13.0. The van der Waals surface area contributed by atoms with Crippen LogP contribution in [0.4, 0.5) is 0 Å². The third kappa shape index (κ3) is 2.99. The summed E-state index contributed by atoms with van der Waals surface area (Å²) in [5.41, 5.74) is -0.201. The highest BCUT2D eigenvalue weighted by Crippen LogP contribution is 2.27. The summed E-state index contributed by atoms with van der Waals surface area (Å²) in [5.74, 6) is -0.157. The average Bonchev–Trinajstić information content (AvgIpc) is 2.55. The molecule has 1 aliphatic heterocycles. The van der Waals surface area contributed by atoms with Crippen molar-refractivity contribution in [1.82, 2.24) is 10.2 Å². The first-order valence-electron chi connectivity index (χ1n) is 7.28. The number of allylic oxidation sites excluding steroid dienone is 1. The molecule has 2 atom stereocenters. The third-order valence-electron chi connectivity index (χ3n) is 3.98. The molecule has 0 aromatic heterocycles. The van der Waals surface area contributed by atoms with Crippen LogP contribution in [0, 0.1) is 0 Å². The zero-order valence-corrected chi connectivity index (χ0v) is 12.8. The highest BCUT2D eigenvalue weighted by Gasteiger charge is 2.43. The quantitative estimate of drug-likeness (QED) is 0.866. The van der Waals surface area contributed by atoms with Gasteiger partial charge in [0.15, 0.2) is 0 Å². The lowest BCUT2D eigenvalue weighted by Gasteiger charge is -2.34. The fraction of sp³-hybridized carbons (Fsp3) is 0.412. The Bertz CT molecular complexity index is 553. The van der Waals surface area contributed by atoms with E-state index >= 15 is 0 Å². The number of carbonyl (C=O) groups is 2. The topological polar surface area (TPSA) is 49.4 Å². The molecule has 4 heteroatoms. The fourth-order valence-corrected chi connectivity index (χ4v) is 2.70. The number of hydrogen-bond donors (Lipinski definition) is 1. The van der Waals surface area contributed by atoms with E-state index in [1.54, 1.807) is 11.8 Å². The van der Waals surface area contributed by atoms with Gasteiger partial charge in [0.25, 0.3) is 5.91 Å². The Kier molecular flexibility index (Phi) is 4.46. The summed E-state index contributed by atoms with van der Waals surface area (Å²) < 4.78 is 0. The van der Waals surface area contributed by atoms with Gasteiger partial charge >= 0.3 is 0 Å². The van der Waals surface area contributed by atoms with Crippen molar-refractivity contribution in [1.29, 1.82) is 0 Å². The smallest absolute Gasteiger partial charge is 0.253 e. The van der Waals surface area contributed by atoms with E-state index in [9.17, 15) is 9.59 Å². The van der Waals surface area contributed by atoms with Gasteiger partial charge in [-0.15, -0.1) is 0 Å². The molecule has 1 saturated heterocycles. The molecule has 0 spiro atoms. The van der Waals surface area contributed by atoms with Crippen molar-refractivity contribution in [2.75, 3.05) is 6.54 Å². The largest absolute Gasteiger partial charge is 0.338 e. The molecule has 1 aromatic rings. The maximum absolute atomic E-state index is 13.0. The van der Waals surface area contributed by atoms with E-state index in [0.29, 0.717) is 13.0 Å². The van der Waals surface area contributed by atoms with Gasteiger partial charge in [-0.05, 0) is 26.3 Å². The second-order valence-electron chi connectivity index (χ2n) is 5.62. The highest BCUT2D eigenvalue weighted by molar-refractivity contribution is 5.94. The van der Waals surface area contributed by atoms with Crippen molar-refractivity contribution < 1.29 is 9.59 Å². The van der Waals surface area contributed by atoms with Crippen LogP contribution in [-0.2, 0) is 15.1 Å². The first kappa shape index (κ1) is 15.3. The predicted molar refractivity (Wildman–Crippen MR) is 82.5 cm³/mol. The molecule has 112 valence electrons. The van der Waals surface area contributed by atoms with Gasteiger partial charge in [-0.3, -0.25) is 9.59 Å². The second kappa shape index (κ2) is 6.12. The Hall–Kier alpha value is -2.10. The lowest BCUT2D eigenvalue weighted by atomic mass is 9.90. The first-order chi connectivity index (χ1) is 9.99. The molecular formula is C17H22N2O2. The van der Waals surface area contributed by atoms with Gasteiger partial charge in [0, 0.05) is 19.0 Å². The highest BCUT2D eigenvalue weighted by atomic mass is 16.2. The fourth-order valence-electron chi connectivity index (χ4n) is 2.70. The molecule has 1 heterocycles. The van der Waals surface area contributed by atoms with Crippen molar-refractivity contribution in [3.05, 3.63) is 48.0 Å². The Labute approximate surface area is 125 Å². The van der Waals surface area contributed by atoms with Gasteiger partial charge in [0.05, 0.1) is 0 Å². The van der Waals surface area contributed by atoms with E-state index in [4.69, 9.17) is 0 Å². The monoisotopic (exact) mass is 286 g/mol. The molecule has 2 unspecified atom stereocenters. The molecule has 1 aromatic carbocycles. The van der Waals surface area contributed by atoms with Crippen LogP contribution >= 0.6 is 0 Å². The van der Waals surface area contributed by atoms with E-state index in [-0.39, 0.29) is 17.9 Å². The van der Waals surface area contributed by atoms with Crippen molar-refractivity contribution in [2.24, 2.45) is 0 Å². The van der Waals surface area contributed by atoms with Crippen molar-refractivity contribution in [3.63, 3.8) is 0 Å². The van der Waals surface area contributed by atoms with Crippen LogP contribution in [0.25, 0.3) is 0 Å². The molecule has 0 bridgehead atoms. The van der Waals surface area contributed by atoms with Gasteiger partial charge in [-0.2, -0.15) is 0 Å². The number of nitrogens with one attached hydrogen (secondary N) is 1. The molecule has 0 saturated carbocycles. The van der Waals surface area contributed by atoms with E-state index < -0.39 is 5.54 Å². The Morgan fingerprint density at radius 3 is 2.62 bits per heavy atom. The van der Waals surface area contributed by atoms with Crippen LogP contribution in [0.5, 0.6) is 0 Å². The number of amides is 2. The molecule has 1 fully saturated rings. The summed E-state index contributed by atoms with van der Waals surface area (Å²) in [5, 5.41) is 2.90. The van der Waals surface area contributed by atoms with Gasteiger partial charge in [-0.25, -0.2) is 0 Å². The third-order valence-corrected chi connectivity index (χ3v) is 3.98. The zero-order chi connectivity index (χ0) is 15.5. The summed E-state index contributed by atoms with van der Waals surface area (Å²) in [4.78, 5) is 26.9. The molecule has 1 aliphatic rings. The number of nitrogens with zero attached hydrogens (tertiary/aromatic N) is 1. The summed E-state index contributed by atoms with van der Waals surface area (Å²) >= 11 is 0. The minimum atomic E-state index is -1.01. The molecule has 21 heavy (non-hydrogen) atoms. The maximum Gasteiger partial charge on any atom is 0.253 e. The number of benzene rings is 1. The second-order valence-corrected chi connectivity index (χ2v) is 5.62. The summed E-state index contributed by atoms with van der Waals surface area (Å²) in [7, 11) is 0. The van der Waals surface area contributed by atoms with E-state index in [1.165, 1.54) is 0 Å². The van der Waals surface area contributed by atoms with Gasteiger partial charge in [0.2, 0.25) is 5.91 Å². The standard InChI is InChI=1S/C17H22N2O2/c1-4-5-11-19-13(2)12-15(20)18-17(3,16(19)21)14-9-7-6-8-10-14/h4-10,13H,11-12H2,1-3H3,(H,18,20)/b5-4+. The van der Waals surface area contributed by atoms with Crippen LogP contribution in [0.1, 0.15) is 32.8 Å². The zero-order valence-electron chi connectivity index (χ0n) is 12.8. The summed E-state index contributed by atoms with van der Waals surface area (Å²) in [6, 6.07) is 9.30. The molecular weight excluding hydrogens is 264 g/mol. The Morgan fingerprint density at radius 2 is 2.00 bits per heavy atom. The summed E-state index contributed by atoms with van der Waals surface area (Å²) in [6.45, 7) is 6.14. The molecule has 2 rings (SSSR count). The van der Waals surface area contributed by atoms with E-state index in [0.717, 1.165) is 5.56 Å². The van der Waals surface area contributed by atoms with Crippen LogP contribution in [0.15, 0.2) is 42.5 Å². The van der Waals surface area contributed by atoms with Crippen molar-refractivity contribution >= 4 is 11.8 Å². The van der Waals surface area contributed by atoms with Gasteiger partial charge in [-0.1, -0.05) is 42.5 Å². The number of hydrogen-bond acceptors (Lipinski definition) is 2. The predicted octanol–water partition coefficient (Wildman–Crippen LogP) is 2.21. The normalized spacial score (nSPS) is 26.8.